The molecule has 0 aromatic rings. The highest BCUT2D eigenvalue weighted by Crippen LogP contribution is 2.18. The molecule has 4 heteroatoms. The average molecular weight is 185 g/mol. The fourth-order valence-corrected chi connectivity index (χ4v) is 1.33. The molecular formula is C9H15NO3. The lowest BCUT2D eigenvalue weighted by Crippen LogP contribution is -2.32. The summed E-state index contributed by atoms with van der Waals surface area (Å²) in [5, 5.41) is 0. The number of carbonyl (C=O) groups excluding carboxylic acids is 1. The number of ether oxygens (including phenoxy) is 2. The summed E-state index contributed by atoms with van der Waals surface area (Å²) in [7, 11) is 1.36. The minimum Gasteiger partial charge on any atom is -0.477 e. The Labute approximate surface area is 77.9 Å². The van der Waals surface area contributed by atoms with Crippen LogP contribution in [-0.4, -0.2) is 31.6 Å². The molecule has 1 rings (SSSR count). The van der Waals surface area contributed by atoms with E-state index < -0.39 is 6.04 Å². The van der Waals surface area contributed by atoms with Gasteiger partial charge in [0.25, 0.3) is 0 Å². The summed E-state index contributed by atoms with van der Waals surface area (Å²) in [5.74, 6) is 0.165. The Bertz CT molecular complexity index is 213. The summed E-state index contributed by atoms with van der Waals surface area (Å²) in [6, 6.07) is -0.465. The number of hydrogen-bond acceptors (Lipinski definition) is 4. The van der Waals surface area contributed by atoms with Gasteiger partial charge in [-0.1, -0.05) is 13.8 Å². The van der Waals surface area contributed by atoms with E-state index in [2.05, 4.69) is 23.6 Å². The van der Waals surface area contributed by atoms with E-state index in [0.29, 0.717) is 5.92 Å². The maximum absolute atomic E-state index is 11.2. The highest BCUT2D eigenvalue weighted by atomic mass is 16.5. The second-order valence-corrected chi connectivity index (χ2v) is 3.53. The van der Waals surface area contributed by atoms with E-state index in [1.807, 2.05) is 0 Å². The molecule has 0 aliphatic carbocycles. The van der Waals surface area contributed by atoms with Gasteiger partial charge < -0.3 is 9.47 Å². The van der Waals surface area contributed by atoms with E-state index >= 15 is 0 Å². The molecule has 0 bridgehead atoms. The van der Waals surface area contributed by atoms with E-state index in [1.165, 1.54) is 13.5 Å². The van der Waals surface area contributed by atoms with Crippen molar-refractivity contribution >= 4 is 12.4 Å². The number of methoxy groups -OCH3 is 1. The molecule has 0 aromatic carbocycles. The molecule has 1 aliphatic rings. The summed E-state index contributed by atoms with van der Waals surface area (Å²) in [6.45, 7) is 4.16. The third-order valence-corrected chi connectivity index (χ3v) is 1.96. The van der Waals surface area contributed by atoms with Crippen molar-refractivity contribution in [2.45, 2.75) is 32.4 Å². The lowest BCUT2D eigenvalue weighted by Gasteiger charge is -2.16. The average Bonchev–Trinajstić information content (AvgIpc) is 2.50. The van der Waals surface area contributed by atoms with Gasteiger partial charge in [0, 0.05) is 0 Å². The predicted molar refractivity (Wildman–Crippen MR) is 48.6 cm³/mol. The molecule has 74 valence electrons. The molecule has 0 N–H and O–H groups in total. The molecule has 0 amide bonds. The van der Waals surface area contributed by atoms with Crippen molar-refractivity contribution in [1.29, 1.82) is 0 Å². The van der Waals surface area contributed by atoms with Gasteiger partial charge in [0.1, 0.15) is 6.10 Å². The third-order valence-electron chi connectivity index (χ3n) is 1.96. The summed E-state index contributed by atoms with van der Waals surface area (Å²) in [5.41, 5.74) is 0. The highest BCUT2D eigenvalue weighted by molar-refractivity contribution is 5.79. The Morgan fingerprint density at radius 2 is 2.38 bits per heavy atom. The van der Waals surface area contributed by atoms with Crippen LogP contribution in [-0.2, 0) is 14.3 Å². The van der Waals surface area contributed by atoms with Crippen LogP contribution in [0.25, 0.3) is 0 Å². The molecule has 1 aliphatic heterocycles. The highest BCUT2D eigenvalue weighted by Gasteiger charge is 2.33. The lowest BCUT2D eigenvalue weighted by molar-refractivity contribution is -0.143. The first-order valence-electron chi connectivity index (χ1n) is 4.40. The van der Waals surface area contributed by atoms with Gasteiger partial charge in [-0.25, -0.2) is 9.79 Å². The zero-order valence-corrected chi connectivity index (χ0v) is 8.19. The SMILES string of the molecule is COC(=O)[C@@H]1N=CO[C@H]1CC(C)C. The van der Waals surface area contributed by atoms with E-state index in [4.69, 9.17) is 4.74 Å². The Hall–Kier alpha value is -1.06. The second kappa shape index (κ2) is 4.25. The van der Waals surface area contributed by atoms with E-state index in [0.717, 1.165) is 6.42 Å². The van der Waals surface area contributed by atoms with Crippen LogP contribution in [0.15, 0.2) is 4.99 Å². The molecule has 0 saturated carbocycles. The minimum absolute atomic E-state index is 0.146. The Morgan fingerprint density at radius 1 is 1.69 bits per heavy atom. The number of hydrogen-bond donors (Lipinski definition) is 0. The first-order valence-corrected chi connectivity index (χ1v) is 4.40. The van der Waals surface area contributed by atoms with Crippen LogP contribution in [0.4, 0.5) is 0 Å². The summed E-state index contributed by atoms with van der Waals surface area (Å²) in [4.78, 5) is 15.1. The fraction of sp³-hybridized carbons (Fsp3) is 0.778. The van der Waals surface area contributed by atoms with Gasteiger partial charge in [-0.15, -0.1) is 0 Å². The monoisotopic (exact) mass is 185 g/mol. The first kappa shape index (κ1) is 10.0. The van der Waals surface area contributed by atoms with Crippen molar-refractivity contribution in [2.75, 3.05) is 7.11 Å². The first-order chi connectivity index (χ1) is 6.15. The molecule has 0 unspecified atom stereocenters. The van der Waals surface area contributed by atoms with Gasteiger partial charge in [0.2, 0.25) is 0 Å². The zero-order chi connectivity index (χ0) is 9.84. The molecule has 0 fully saturated rings. The molecule has 0 saturated heterocycles. The van der Waals surface area contributed by atoms with Crippen LogP contribution in [0, 0.1) is 5.92 Å². The predicted octanol–water partition coefficient (Wildman–Crippen LogP) is 1.00. The number of carbonyl (C=O) groups is 1. The van der Waals surface area contributed by atoms with Gasteiger partial charge in [-0.05, 0) is 12.3 Å². The van der Waals surface area contributed by atoms with Gasteiger partial charge in [0.05, 0.1) is 7.11 Å². The maximum atomic E-state index is 11.2. The molecule has 4 nitrogen and oxygen atoms in total. The fourth-order valence-electron chi connectivity index (χ4n) is 1.33. The Balaban J connectivity index is 2.52. The van der Waals surface area contributed by atoms with Crippen molar-refractivity contribution in [3.8, 4) is 0 Å². The van der Waals surface area contributed by atoms with Crippen molar-refractivity contribution < 1.29 is 14.3 Å². The van der Waals surface area contributed by atoms with Gasteiger partial charge in [-0.2, -0.15) is 0 Å². The molecular weight excluding hydrogens is 170 g/mol. The van der Waals surface area contributed by atoms with E-state index in [1.54, 1.807) is 0 Å². The maximum Gasteiger partial charge on any atom is 0.334 e. The van der Waals surface area contributed by atoms with Crippen LogP contribution in [0.3, 0.4) is 0 Å². The molecule has 0 radical (unpaired) electrons. The van der Waals surface area contributed by atoms with Gasteiger partial charge >= 0.3 is 5.97 Å². The summed E-state index contributed by atoms with van der Waals surface area (Å²) >= 11 is 0. The number of esters is 1. The Morgan fingerprint density at radius 3 is 2.92 bits per heavy atom. The summed E-state index contributed by atoms with van der Waals surface area (Å²) < 4.78 is 9.82. The van der Waals surface area contributed by atoms with Crippen LogP contribution in [0.5, 0.6) is 0 Å². The Kier molecular flexibility index (Phi) is 3.28. The minimum atomic E-state index is -0.465. The van der Waals surface area contributed by atoms with Crippen LogP contribution in [0.1, 0.15) is 20.3 Å². The quantitative estimate of drug-likeness (QED) is 0.616. The largest absolute Gasteiger partial charge is 0.477 e. The van der Waals surface area contributed by atoms with Crippen molar-refractivity contribution in [1.82, 2.24) is 0 Å². The second-order valence-electron chi connectivity index (χ2n) is 3.53. The number of nitrogens with zero attached hydrogens (tertiary/aromatic N) is 1. The molecule has 1 heterocycles. The standard InChI is InChI=1S/C9H15NO3/c1-6(2)4-7-8(9(11)12-3)10-5-13-7/h5-8H,4H2,1-3H3/t7-,8+/m0/s1. The number of aliphatic imine (C=N–C) groups is 1. The normalized spacial score (nSPS) is 26.2. The summed E-state index contributed by atoms with van der Waals surface area (Å²) in [6.07, 6.45) is 2.02. The van der Waals surface area contributed by atoms with Crippen molar-refractivity contribution in [2.24, 2.45) is 10.9 Å². The number of rotatable bonds is 3. The van der Waals surface area contributed by atoms with Crippen molar-refractivity contribution in [3.63, 3.8) is 0 Å². The smallest absolute Gasteiger partial charge is 0.334 e. The molecule has 0 spiro atoms. The van der Waals surface area contributed by atoms with Gasteiger partial charge in [0.15, 0.2) is 12.4 Å². The van der Waals surface area contributed by atoms with E-state index in [-0.39, 0.29) is 12.1 Å². The topological polar surface area (TPSA) is 47.9 Å². The van der Waals surface area contributed by atoms with Crippen molar-refractivity contribution in [3.05, 3.63) is 0 Å². The molecule has 13 heavy (non-hydrogen) atoms. The molecule has 0 aromatic heterocycles. The lowest BCUT2D eigenvalue weighted by atomic mass is 10.0. The zero-order valence-electron chi connectivity index (χ0n) is 8.19. The van der Waals surface area contributed by atoms with E-state index in [9.17, 15) is 4.79 Å². The van der Waals surface area contributed by atoms with Crippen LogP contribution in [0.2, 0.25) is 0 Å². The third kappa shape index (κ3) is 2.44. The van der Waals surface area contributed by atoms with Crippen LogP contribution < -0.4 is 0 Å². The van der Waals surface area contributed by atoms with Gasteiger partial charge in [-0.3, -0.25) is 0 Å². The van der Waals surface area contributed by atoms with Crippen LogP contribution >= 0.6 is 0 Å². The molecule has 2 atom stereocenters.